The van der Waals surface area contributed by atoms with Crippen molar-refractivity contribution in [1.82, 2.24) is 25.0 Å². The second kappa shape index (κ2) is 8.86. The van der Waals surface area contributed by atoms with Gasteiger partial charge in [-0.25, -0.2) is 0 Å². The maximum Gasteiger partial charge on any atom is 0.247 e. The number of halogens is 2. The van der Waals surface area contributed by atoms with Crippen molar-refractivity contribution in [2.75, 3.05) is 0 Å². The van der Waals surface area contributed by atoms with Crippen molar-refractivity contribution in [3.05, 3.63) is 70.3 Å². The summed E-state index contributed by atoms with van der Waals surface area (Å²) in [5.74, 6) is 2.85. The van der Waals surface area contributed by atoms with Gasteiger partial charge in [-0.2, -0.15) is 0 Å². The van der Waals surface area contributed by atoms with E-state index in [-0.39, 0.29) is 0 Å². The van der Waals surface area contributed by atoms with E-state index in [1.54, 1.807) is 24.3 Å². The smallest absolute Gasteiger partial charge is 0.247 e. The van der Waals surface area contributed by atoms with Crippen LogP contribution in [0, 0.1) is 0 Å². The molecule has 2 aromatic heterocycles. The molecule has 0 N–H and O–H groups in total. The number of hydrogen-bond donors (Lipinski definition) is 0. The molecule has 2 heterocycles. The Balaban J connectivity index is 1.35. The minimum absolute atomic E-state index is 0.299. The van der Waals surface area contributed by atoms with Gasteiger partial charge in [-0.15, -0.1) is 20.4 Å². The normalized spacial score (nSPS) is 11.0. The van der Waals surface area contributed by atoms with E-state index in [4.69, 9.17) is 32.4 Å². The molecule has 29 heavy (non-hydrogen) atoms. The average Bonchev–Trinajstić information content (AvgIpc) is 3.33. The zero-order valence-corrected chi connectivity index (χ0v) is 17.6. The number of hydrogen-bond acceptors (Lipinski definition) is 7. The first kappa shape index (κ1) is 19.8. The summed E-state index contributed by atoms with van der Waals surface area (Å²) in [6.45, 7) is 0.299. The van der Waals surface area contributed by atoms with E-state index in [0.29, 0.717) is 45.8 Å². The maximum absolute atomic E-state index is 5.90. The molecule has 0 aliphatic heterocycles. The Morgan fingerprint density at radius 2 is 1.62 bits per heavy atom. The van der Waals surface area contributed by atoms with Crippen molar-refractivity contribution in [2.45, 2.75) is 17.5 Å². The van der Waals surface area contributed by atoms with Crippen LogP contribution in [0.2, 0.25) is 10.0 Å². The van der Waals surface area contributed by atoms with Gasteiger partial charge in [0.15, 0.2) is 11.0 Å². The molecule has 148 valence electrons. The molecular weight excluding hydrogens is 433 g/mol. The van der Waals surface area contributed by atoms with Crippen LogP contribution in [0.3, 0.4) is 0 Å². The number of rotatable bonds is 7. The quantitative estimate of drug-likeness (QED) is 0.367. The van der Waals surface area contributed by atoms with E-state index >= 15 is 0 Å². The number of benzene rings is 2. The minimum Gasteiger partial charge on any atom is -0.486 e. The van der Waals surface area contributed by atoms with Crippen molar-refractivity contribution in [3.63, 3.8) is 0 Å². The van der Waals surface area contributed by atoms with Gasteiger partial charge in [0, 0.05) is 22.7 Å². The zero-order valence-electron chi connectivity index (χ0n) is 15.2. The predicted octanol–water partition coefficient (Wildman–Crippen LogP) is 5.04. The van der Waals surface area contributed by atoms with Crippen LogP contribution in [0.1, 0.15) is 11.7 Å². The molecule has 0 amide bonds. The van der Waals surface area contributed by atoms with Gasteiger partial charge in [0.05, 0.1) is 5.75 Å². The van der Waals surface area contributed by atoms with Crippen molar-refractivity contribution < 1.29 is 9.15 Å². The standard InChI is InChI=1S/C19H15Cl2N5O2S/c1-26-16(10-27-15-8-6-14(21)7-9-15)22-25-19(26)29-11-17-23-24-18(28-17)12-2-4-13(20)5-3-12/h2-9H,10-11H2,1H3. The number of thioether (sulfide) groups is 1. The second-order valence-corrected chi connectivity index (χ2v) is 7.81. The Hall–Kier alpha value is -2.55. The van der Waals surface area contributed by atoms with E-state index < -0.39 is 0 Å². The highest BCUT2D eigenvalue weighted by molar-refractivity contribution is 7.98. The Bertz CT molecular complexity index is 1100. The van der Waals surface area contributed by atoms with Gasteiger partial charge in [0.2, 0.25) is 11.8 Å². The highest BCUT2D eigenvalue weighted by Gasteiger charge is 2.13. The van der Waals surface area contributed by atoms with Gasteiger partial charge >= 0.3 is 0 Å². The van der Waals surface area contributed by atoms with Crippen LogP contribution in [-0.2, 0) is 19.4 Å². The minimum atomic E-state index is 0.299. The molecule has 0 aliphatic rings. The Morgan fingerprint density at radius 3 is 2.34 bits per heavy atom. The van der Waals surface area contributed by atoms with Gasteiger partial charge < -0.3 is 13.7 Å². The van der Waals surface area contributed by atoms with Crippen LogP contribution in [0.5, 0.6) is 5.75 Å². The first-order valence-electron chi connectivity index (χ1n) is 8.56. The summed E-state index contributed by atoms with van der Waals surface area (Å²) in [7, 11) is 1.88. The SMILES string of the molecule is Cn1c(COc2ccc(Cl)cc2)nnc1SCc1nnc(-c2ccc(Cl)cc2)o1. The lowest BCUT2D eigenvalue weighted by molar-refractivity contribution is 0.290. The molecule has 0 aliphatic carbocycles. The zero-order chi connectivity index (χ0) is 20.2. The molecule has 4 rings (SSSR count). The molecule has 0 unspecified atom stereocenters. The van der Waals surface area contributed by atoms with Crippen LogP contribution in [-0.4, -0.2) is 25.0 Å². The lowest BCUT2D eigenvalue weighted by Gasteiger charge is -2.06. The van der Waals surface area contributed by atoms with Gasteiger partial charge in [-0.1, -0.05) is 35.0 Å². The Labute approximate surface area is 181 Å². The molecule has 2 aromatic carbocycles. The first-order chi connectivity index (χ1) is 14.1. The topological polar surface area (TPSA) is 78.9 Å². The van der Waals surface area contributed by atoms with Crippen molar-refractivity contribution in [2.24, 2.45) is 7.05 Å². The van der Waals surface area contributed by atoms with E-state index in [2.05, 4.69) is 20.4 Å². The molecule has 0 bridgehead atoms. The molecule has 0 saturated carbocycles. The molecule has 0 fully saturated rings. The lowest BCUT2D eigenvalue weighted by atomic mass is 10.2. The number of aromatic nitrogens is 5. The summed E-state index contributed by atoms with van der Waals surface area (Å²) in [6, 6.07) is 14.4. The van der Waals surface area contributed by atoms with Gasteiger partial charge in [0.25, 0.3) is 0 Å². The Kier molecular flexibility index (Phi) is 6.03. The summed E-state index contributed by atoms with van der Waals surface area (Å²) in [5.41, 5.74) is 0.818. The van der Waals surface area contributed by atoms with E-state index in [9.17, 15) is 0 Å². The fraction of sp³-hybridized carbons (Fsp3) is 0.158. The van der Waals surface area contributed by atoms with Crippen LogP contribution >= 0.6 is 35.0 Å². The van der Waals surface area contributed by atoms with Gasteiger partial charge in [0.1, 0.15) is 12.4 Å². The van der Waals surface area contributed by atoms with E-state index in [1.165, 1.54) is 11.8 Å². The van der Waals surface area contributed by atoms with E-state index in [1.807, 2.05) is 35.9 Å². The highest BCUT2D eigenvalue weighted by Crippen LogP contribution is 2.25. The first-order valence-corrected chi connectivity index (χ1v) is 10.3. The third kappa shape index (κ3) is 4.90. The second-order valence-electron chi connectivity index (χ2n) is 6.00. The summed E-state index contributed by atoms with van der Waals surface area (Å²) in [4.78, 5) is 0. The lowest BCUT2D eigenvalue weighted by Crippen LogP contribution is -2.04. The molecule has 0 spiro atoms. The summed E-state index contributed by atoms with van der Waals surface area (Å²) in [5, 5.41) is 18.6. The molecule has 4 aromatic rings. The molecule has 10 heteroatoms. The van der Waals surface area contributed by atoms with Crippen LogP contribution in [0.25, 0.3) is 11.5 Å². The van der Waals surface area contributed by atoms with Crippen LogP contribution in [0.4, 0.5) is 0 Å². The molecule has 0 radical (unpaired) electrons. The number of nitrogens with zero attached hydrogens (tertiary/aromatic N) is 5. The third-order valence-electron chi connectivity index (χ3n) is 3.99. The molecular formula is C19H15Cl2N5O2S. The van der Waals surface area contributed by atoms with Gasteiger partial charge in [-0.05, 0) is 48.5 Å². The maximum atomic E-state index is 5.90. The van der Waals surface area contributed by atoms with Crippen molar-refractivity contribution in [3.8, 4) is 17.2 Å². The number of ether oxygens (including phenoxy) is 1. The van der Waals surface area contributed by atoms with Crippen molar-refractivity contribution in [1.29, 1.82) is 0 Å². The monoisotopic (exact) mass is 447 g/mol. The fourth-order valence-corrected chi connectivity index (χ4v) is 3.44. The summed E-state index contributed by atoms with van der Waals surface area (Å²) >= 11 is 13.2. The van der Waals surface area contributed by atoms with Crippen LogP contribution in [0.15, 0.2) is 58.1 Å². The van der Waals surface area contributed by atoms with E-state index in [0.717, 1.165) is 10.7 Å². The highest BCUT2D eigenvalue weighted by atomic mass is 35.5. The summed E-state index contributed by atoms with van der Waals surface area (Å²) < 4.78 is 13.3. The average molecular weight is 448 g/mol. The predicted molar refractivity (Wildman–Crippen MR) is 111 cm³/mol. The van der Waals surface area contributed by atoms with Crippen molar-refractivity contribution >= 4 is 35.0 Å². The fourth-order valence-electron chi connectivity index (χ4n) is 2.42. The molecule has 7 nitrogen and oxygen atoms in total. The van der Waals surface area contributed by atoms with Crippen LogP contribution < -0.4 is 4.74 Å². The largest absolute Gasteiger partial charge is 0.486 e. The third-order valence-corrected chi connectivity index (χ3v) is 5.50. The summed E-state index contributed by atoms with van der Waals surface area (Å²) in [6.07, 6.45) is 0. The van der Waals surface area contributed by atoms with Gasteiger partial charge in [-0.3, -0.25) is 0 Å². The molecule has 0 atom stereocenters. The Morgan fingerprint density at radius 1 is 0.931 bits per heavy atom. The molecule has 0 saturated heterocycles.